The summed E-state index contributed by atoms with van der Waals surface area (Å²) in [6, 6.07) is 15.4. The van der Waals surface area contributed by atoms with Crippen molar-refractivity contribution < 1.29 is 19.4 Å². The molecule has 5 nitrogen and oxygen atoms in total. The summed E-state index contributed by atoms with van der Waals surface area (Å²) >= 11 is 0. The van der Waals surface area contributed by atoms with E-state index in [0.29, 0.717) is 12.2 Å². The highest BCUT2D eigenvalue weighted by atomic mass is 16.5. The molecule has 1 atom stereocenters. The van der Waals surface area contributed by atoms with E-state index in [1.807, 2.05) is 18.2 Å². The van der Waals surface area contributed by atoms with E-state index in [4.69, 9.17) is 9.84 Å². The maximum absolute atomic E-state index is 12.5. The first-order valence-electron chi connectivity index (χ1n) is 8.90. The van der Waals surface area contributed by atoms with Crippen molar-refractivity contribution in [3.8, 4) is 5.75 Å². The Morgan fingerprint density at radius 2 is 1.73 bits per heavy atom. The number of nitrogens with one attached hydrogen (secondary N) is 1. The zero-order chi connectivity index (χ0) is 18.8. The lowest BCUT2D eigenvalue weighted by Gasteiger charge is -2.17. The molecule has 2 aromatic rings. The van der Waals surface area contributed by atoms with Crippen LogP contribution in [0.1, 0.15) is 54.6 Å². The molecule has 2 N–H and O–H groups in total. The van der Waals surface area contributed by atoms with Crippen LogP contribution in [0.2, 0.25) is 0 Å². The van der Waals surface area contributed by atoms with Gasteiger partial charge in [-0.15, -0.1) is 0 Å². The lowest BCUT2D eigenvalue weighted by Crippen LogP contribution is -2.30. The monoisotopic (exact) mass is 355 g/mol. The van der Waals surface area contributed by atoms with Crippen molar-refractivity contribution in [2.45, 2.75) is 38.6 Å². The van der Waals surface area contributed by atoms with E-state index >= 15 is 0 Å². The first-order chi connectivity index (χ1) is 12.6. The van der Waals surface area contributed by atoms with Gasteiger partial charge in [0.05, 0.1) is 19.1 Å². The molecule has 0 aliphatic rings. The Kier molecular flexibility index (Phi) is 7.68. The summed E-state index contributed by atoms with van der Waals surface area (Å²) in [7, 11) is 0. The van der Waals surface area contributed by atoms with Crippen LogP contribution in [0.5, 0.6) is 5.75 Å². The van der Waals surface area contributed by atoms with Crippen LogP contribution in [0.25, 0.3) is 0 Å². The van der Waals surface area contributed by atoms with Crippen molar-refractivity contribution >= 4 is 11.9 Å². The molecule has 0 fully saturated rings. The van der Waals surface area contributed by atoms with Gasteiger partial charge in [0, 0.05) is 5.56 Å². The third-order valence-corrected chi connectivity index (χ3v) is 4.02. The SMILES string of the molecule is CCCCCOc1ccc(C(=O)N[C@@H](CC(=O)O)c2ccccc2)cc1. The first kappa shape index (κ1) is 19.5. The predicted molar refractivity (Wildman–Crippen MR) is 100 cm³/mol. The third-order valence-electron chi connectivity index (χ3n) is 4.02. The standard InChI is InChI=1S/C21H25NO4/c1-2-3-7-14-26-18-12-10-17(11-13-18)21(25)22-19(15-20(23)24)16-8-5-4-6-9-16/h4-6,8-13,19H,2-3,7,14-15H2,1H3,(H,22,25)(H,23,24)/t19-/m0/s1. The van der Waals surface area contributed by atoms with E-state index in [9.17, 15) is 9.59 Å². The maximum Gasteiger partial charge on any atom is 0.305 e. The fourth-order valence-corrected chi connectivity index (χ4v) is 2.60. The number of carboxylic acid groups (broad SMARTS) is 1. The Morgan fingerprint density at radius 3 is 2.35 bits per heavy atom. The minimum atomic E-state index is -0.963. The van der Waals surface area contributed by atoms with Crippen LogP contribution >= 0.6 is 0 Å². The van der Waals surface area contributed by atoms with Gasteiger partial charge in [0.1, 0.15) is 5.75 Å². The number of carboxylic acids is 1. The molecule has 0 spiro atoms. The van der Waals surface area contributed by atoms with Crippen molar-refractivity contribution in [1.82, 2.24) is 5.32 Å². The lowest BCUT2D eigenvalue weighted by molar-refractivity contribution is -0.137. The quantitative estimate of drug-likeness (QED) is 0.626. The number of benzene rings is 2. The molecule has 0 aliphatic heterocycles. The van der Waals surface area contributed by atoms with Crippen molar-refractivity contribution in [1.29, 1.82) is 0 Å². The van der Waals surface area contributed by atoms with Gasteiger partial charge in [-0.25, -0.2) is 0 Å². The van der Waals surface area contributed by atoms with Crippen molar-refractivity contribution in [2.75, 3.05) is 6.61 Å². The largest absolute Gasteiger partial charge is 0.494 e. The highest BCUT2D eigenvalue weighted by Gasteiger charge is 2.18. The molecular formula is C21H25NO4. The topological polar surface area (TPSA) is 75.6 Å². The fourth-order valence-electron chi connectivity index (χ4n) is 2.60. The molecule has 0 saturated carbocycles. The second-order valence-corrected chi connectivity index (χ2v) is 6.11. The zero-order valence-electron chi connectivity index (χ0n) is 15.0. The molecule has 0 aromatic heterocycles. The molecule has 26 heavy (non-hydrogen) atoms. The Hall–Kier alpha value is -2.82. The van der Waals surface area contributed by atoms with E-state index < -0.39 is 12.0 Å². The average molecular weight is 355 g/mol. The molecule has 0 heterocycles. The molecule has 2 rings (SSSR count). The van der Waals surface area contributed by atoms with Gasteiger partial charge in [-0.05, 0) is 36.2 Å². The molecule has 0 saturated heterocycles. The van der Waals surface area contributed by atoms with Gasteiger partial charge in [-0.3, -0.25) is 9.59 Å². The smallest absolute Gasteiger partial charge is 0.305 e. The van der Waals surface area contributed by atoms with E-state index in [1.165, 1.54) is 0 Å². The number of carbonyl (C=O) groups is 2. The van der Waals surface area contributed by atoms with E-state index in [-0.39, 0.29) is 12.3 Å². The van der Waals surface area contributed by atoms with Gasteiger partial charge < -0.3 is 15.2 Å². The number of rotatable bonds is 10. The number of aliphatic carboxylic acids is 1. The lowest BCUT2D eigenvalue weighted by atomic mass is 10.0. The van der Waals surface area contributed by atoms with Gasteiger partial charge in [0.2, 0.25) is 0 Å². The second-order valence-electron chi connectivity index (χ2n) is 6.11. The number of amides is 1. The van der Waals surface area contributed by atoms with Crippen molar-refractivity contribution in [3.63, 3.8) is 0 Å². The van der Waals surface area contributed by atoms with E-state index in [0.717, 1.165) is 30.6 Å². The highest BCUT2D eigenvalue weighted by Crippen LogP contribution is 2.18. The Morgan fingerprint density at radius 1 is 1.04 bits per heavy atom. The molecule has 1 amide bonds. The molecule has 0 aliphatic carbocycles. The third kappa shape index (κ3) is 6.24. The molecular weight excluding hydrogens is 330 g/mol. The number of ether oxygens (including phenoxy) is 1. The van der Waals surface area contributed by atoms with Crippen LogP contribution in [0.3, 0.4) is 0 Å². The van der Waals surface area contributed by atoms with Crippen LogP contribution < -0.4 is 10.1 Å². The summed E-state index contributed by atoms with van der Waals surface area (Å²) in [6.07, 6.45) is 3.10. The van der Waals surface area contributed by atoms with Crippen LogP contribution in [-0.4, -0.2) is 23.6 Å². The van der Waals surface area contributed by atoms with Crippen LogP contribution in [0, 0.1) is 0 Å². The number of hydrogen-bond donors (Lipinski definition) is 2. The Labute approximate surface area is 154 Å². The normalized spacial score (nSPS) is 11.6. The number of hydrogen-bond acceptors (Lipinski definition) is 3. The van der Waals surface area contributed by atoms with Crippen molar-refractivity contribution in [3.05, 3.63) is 65.7 Å². The van der Waals surface area contributed by atoms with Gasteiger partial charge in [-0.2, -0.15) is 0 Å². The summed E-state index contributed by atoms with van der Waals surface area (Å²) in [6.45, 7) is 2.80. The summed E-state index contributed by atoms with van der Waals surface area (Å²) in [5.74, 6) is -0.546. The maximum atomic E-state index is 12.5. The van der Waals surface area contributed by atoms with Gasteiger partial charge in [0.25, 0.3) is 5.91 Å². The summed E-state index contributed by atoms with van der Waals surface area (Å²) in [5, 5.41) is 11.9. The first-order valence-corrected chi connectivity index (χ1v) is 8.90. The van der Waals surface area contributed by atoms with Gasteiger partial charge in [-0.1, -0.05) is 50.1 Å². The molecule has 0 radical (unpaired) electrons. The summed E-state index contributed by atoms with van der Waals surface area (Å²) in [4.78, 5) is 23.6. The fraction of sp³-hybridized carbons (Fsp3) is 0.333. The summed E-state index contributed by atoms with van der Waals surface area (Å²) in [5.41, 5.74) is 1.23. The minimum Gasteiger partial charge on any atom is -0.494 e. The van der Waals surface area contributed by atoms with E-state index in [2.05, 4.69) is 12.2 Å². The van der Waals surface area contributed by atoms with Crippen LogP contribution in [-0.2, 0) is 4.79 Å². The highest BCUT2D eigenvalue weighted by molar-refractivity contribution is 5.94. The molecule has 0 bridgehead atoms. The number of unbranched alkanes of at least 4 members (excludes halogenated alkanes) is 2. The zero-order valence-corrected chi connectivity index (χ0v) is 15.0. The molecule has 138 valence electrons. The Balaban J connectivity index is 1.99. The predicted octanol–water partition coefficient (Wildman–Crippen LogP) is 4.20. The summed E-state index contributed by atoms with van der Waals surface area (Å²) < 4.78 is 5.64. The molecule has 5 heteroatoms. The van der Waals surface area contributed by atoms with E-state index in [1.54, 1.807) is 36.4 Å². The average Bonchev–Trinajstić information content (AvgIpc) is 2.65. The van der Waals surface area contributed by atoms with Crippen LogP contribution in [0.15, 0.2) is 54.6 Å². The second kappa shape index (κ2) is 10.2. The van der Waals surface area contributed by atoms with Crippen molar-refractivity contribution in [2.24, 2.45) is 0 Å². The molecule has 0 unspecified atom stereocenters. The minimum absolute atomic E-state index is 0.172. The van der Waals surface area contributed by atoms with Gasteiger partial charge >= 0.3 is 5.97 Å². The van der Waals surface area contributed by atoms with Crippen LogP contribution in [0.4, 0.5) is 0 Å². The Bertz CT molecular complexity index is 698. The number of carbonyl (C=O) groups excluding carboxylic acids is 1. The van der Waals surface area contributed by atoms with Gasteiger partial charge in [0.15, 0.2) is 0 Å². The molecule has 2 aromatic carbocycles.